The number of aromatic nitrogens is 2. The highest BCUT2D eigenvalue weighted by Gasteiger charge is 2.33. The van der Waals surface area contributed by atoms with Gasteiger partial charge in [-0.1, -0.05) is 24.3 Å². The number of amides is 1. The highest BCUT2D eigenvalue weighted by Crippen LogP contribution is 2.38. The first-order valence-electron chi connectivity index (χ1n) is 13.7. The number of fused-ring (bicyclic) bond motifs is 3. The summed E-state index contributed by atoms with van der Waals surface area (Å²) in [6.07, 6.45) is 9.26. The number of nitrogens with zero attached hydrogens (tertiary/aromatic N) is 2. The molecular formula is C30H35N5O. The molecule has 3 N–H and O–H groups in total. The largest absolute Gasteiger partial charge is 0.365 e. The Balaban J connectivity index is 0.891. The van der Waals surface area contributed by atoms with E-state index < -0.39 is 0 Å². The van der Waals surface area contributed by atoms with Crippen molar-refractivity contribution in [1.82, 2.24) is 20.2 Å². The van der Waals surface area contributed by atoms with Gasteiger partial charge < -0.3 is 20.2 Å². The van der Waals surface area contributed by atoms with E-state index in [1.54, 1.807) is 0 Å². The molecule has 7 rings (SSSR count). The molecule has 2 aliphatic heterocycles. The molecule has 1 saturated carbocycles. The number of rotatable bonds is 5. The molecule has 1 aliphatic carbocycles. The number of anilines is 1. The summed E-state index contributed by atoms with van der Waals surface area (Å²) < 4.78 is 0. The summed E-state index contributed by atoms with van der Waals surface area (Å²) in [4.78, 5) is 24.9. The summed E-state index contributed by atoms with van der Waals surface area (Å²) in [5, 5.41) is 5.81. The second kappa shape index (κ2) is 9.00. The molecule has 4 heterocycles. The molecule has 1 atom stereocenters. The number of hydrogen-bond donors (Lipinski definition) is 3. The molecule has 3 aliphatic rings. The van der Waals surface area contributed by atoms with Crippen LogP contribution in [0.4, 0.5) is 5.69 Å². The lowest BCUT2D eigenvalue weighted by molar-refractivity contribution is 0.0915. The van der Waals surface area contributed by atoms with Gasteiger partial charge in [0.2, 0.25) is 0 Å². The maximum Gasteiger partial charge on any atom is 0.267 e. The second-order valence-electron chi connectivity index (χ2n) is 11.1. The number of carbonyl (C=O) groups is 1. The van der Waals surface area contributed by atoms with Crippen LogP contribution in [0.5, 0.6) is 0 Å². The van der Waals surface area contributed by atoms with Crippen LogP contribution in [0, 0.1) is 5.92 Å². The van der Waals surface area contributed by atoms with Crippen LogP contribution < -0.4 is 10.2 Å². The number of carbonyl (C=O) groups excluding carboxylic acids is 1. The van der Waals surface area contributed by atoms with Crippen molar-refractivity contribution in [2.24, 2.45) is 5.92 Å². The minimum Gasteiger partial charge on any atom is -0.365 e. The molecule has 0 spiro atoms. The summed E-state index contributed by atoms with van der Waals surface area (Å²) in [5.74, 6) is 0.807. The van der Waals surface area contributed by atoms with Crippen molar-refractivity contribution in [3.63, 3.8) is 0 Å². The third-order valence-electron chi connectivity index (χ3n) is 8.91. The van der Waals surface area contributed by atoms with Gasteiger partial charge in [0.1, 0.15) is 5.69 Å². The van der Waals surface area contributed by atoms with E-state index >= 15 is 0 Å². The minimum atomic E-state index is 0.0290. The van der Waals surface area contributed by atoms with Crippen LogP contribution in [0.2, 0.25) is 0 Å². The average Bonchev–Trinajstić information content (AvgIpc) is 3.54. The Labute approximate surface area is 212 Å². The second-order valence-corrected chi connectivity index (χ2v) is 11.1. The van der Waals surface area contributed by atoms with Crippen LogP contribution >= 0.6 is 0 Å². The normalized spacial score (nSPS) is 24.2. The fraction of sp³-hybridized carbons (Fsp3) is 0.433. The smallest absolute Gasteiger partial charge is 0.267 e. The van der Waals surface area contributed by atoms with Gasteiger partial charge in [-0.25, -0.2) is 0 Å². The molecule has 2 aromatic heterocycles. The van der Waals surface area contributed by atoms with E-state index in [0.717, 1.165) is 55.7 Å². The number of H-pyrrole nitrogens is 2. The zero-order valence-electron chi connectivity index (χ0n) is 20.8. The first-order chi connectivity index (χ1) is 17.7. The van der Waals surface area contributed by atoms with E-state index in [0.29, 0.717) is 17.8 Å². The topological polar surface area (TPSA) is 67.2 Å². The Morgan fingerprint density at radius 3 is 2.75 bits per heavy atom. The predicted octanol–water partition coefficient (Wildman–Crippen LogP) is 5.07. The van der Waals surface area contributed by atoms with E-state index in [4.69, 9.17) is 0 Å². The van der Waals surface area contributed by atoms with Crippen molar-refractivity contribution in [2.45, 2.75) is 50.6 Å². The predicted molar refractivity (Wildman–Crippen MR) is 146 cm³/mol. The van der Waals surface area contributed by atoms with Gasteiger partial charge in [-0.2, -0.15) is 0 Å². The molecule has 6 heteroatoms. The Kier molecular flexibility index (Phi) is 5.50. The molecule has 2 fully saturated rings. The van der Waals surface area contributed by atoms with Gasteiger partial charge in [-0.15, -0.1) is 0 Å². The third kappa shape index (κ3) is 3.97. The molecule has 36 heavy (non-hydrogen) atoms. The minimum absolute atomic E-state index is 0.0290. The lowest BCUT2D eigenvalue weighted by Gasteiger charge is -2.45. The summed E-state index contributed by atoms with van der Waals surface area (Å²) in [6, 6.07) is 17.6. The quantitative estimate of drug-likeness (QED) is 0.373. The third-order valence-corrected chi connectivity index (χ3v) is 8.91. The Morgan fingerprint density at radius 2 is 1.86 bits per heavy atom. The first kappa shape index (κ1) is 22.0. The number of piperazine rings is 1. The van der Waals surface area contributed by atoms with Crippen molar-refractivity contribution < 1.29 is 4.79 Å². The zero-order chi connectivity index (χ0) is 24.1. The van der Waals surface area contributed by atoms with E-state index in [2.05, 4.69) is 49.5 Å². The molecule has 1 unspecified atom stereocenters. The molecule has 2 aromatic carbocycles. The lowest BCUT2D eigenvalue weighted by Crippen LogP contribution is -2.55. The number of hydrogen-bond acceptors (Lipinski definition) is 3. The number of para-hydroxylation sites is 1. The van der Waals surface area contributed by atoms with E-state index in [-0.39, 0.29) is 5.91 Å². The molecule has 0 radical (unpaired) electrons. The van der Waals surface area contributed by atoms with Crippen molar-refractivity contribution in [3.8, 4) is 0 Å². The van der Waals surface area contributed by atoms with E-state index in [9.17, 15) is 4.79 Å². The monoisotopic (exact) mass is 481 g/mol. The molecule has 6 nitrogen and oxygen atoms in total. The Morgan fingerprint density at radius 1 is 1.00 bits per heavy atom. The maximum atomic E-state index is 12.8. The van der Waals surface area contributed by atoms with Crippen LogP contribution in [0.15, 0.2) is 54.7 Å². The Hall–Kier alpha value is -3.25. The van der Waals surface area contributed by atoms with Gasteiger partial charge in [0.05, 0.1) is 0 Å². The fourth-order valence-electron chi connectivity index (χ4n) is 6.92. The number of benzene rings is 2. The van der Waals surface area contributed by atoms with Gasteiger partial charge in [-0.05, 0) is 80.8 Å². The van der Waals surface area contributed by atoms with Crippen LogP contribution in [0.1, 0.15) is 48.2 Å². The highest BCUT2D eigenvalue weighted by molar-refractivity contribution is 5.98. The van der Waals surface area contributed by atoms with Crippen LogP contribution in [-0.4, -0.2) is 59.0 Å². The lowest BCUT2D eigenvalue weighted by atomic mass is 9.84. The van der Waals surface area contributed by atoms with Gasteiger partial charge in [-0.3, -0.25) is 9.69 Å². The average molecular weight is 482 g/mol. The van der Waals surface area contributed by atoms with Crippen LogP contribution in [0.3, 0.4) is 0 Å². The van der Waals surface area contributed by atoms with Crippen molar-refractivity contribution in [2.75, 3.05) is 31.1 Å². The molecule has 186 valence electrons. The number of aromatic amines is 2. The van der Waals surface area contributed by atoms with E-state index in [1.807, 2.05) is 30.3 Å². The van der Waals surface area contributed by atoms with Gasteiger partial charge >= 0.3 is 0 Å². The maximum absolute atomic E-state index is 12.8. The summed E-state index contributed by atoms with van der Waals surface area (Å²) >= 11 is 0. The van der Waals surface area contributed by atoms with Crippen molar-refractivity contribution >= 4 is 33.4 Å². The molecule has 0 bridgehead atoms. The fourth-order valence-corrected chi connectivity index (χ4v) is 6.92. The highest BCUT2D eigenvalue weighted by atomic mass is 16.1. The molecular weight excluding hydrogens is 446 g/mol. The van der Waals surface area contributed by atoms with Crippen LogP contribution in [-0.2, 0) is 6.42 Å². The first-order valence-corrected chi connectivity index (χ1v) is 13.7. The van der Waals surface area contributed by atoms with Crippen LogP contribution in [0.25, 0.3) is 21.8 Å². The van der Waals surface area contributed by atoms with Gasteiger partial charge in [0.15, 0.2) is 0 Å². The molecule has 1 amide bonds. The number of nitrogens with one attached hydrogen (secondary N) is 3. The van der Waals surface area contributed by atoms with Gasteiger partial charge in [0, 0.05) is 65.4 Å². The summed E-state index contributed by atoms with van der Waals surface area (Å²) in [6.45, 7) is 4.64. The van der Waals surface area contributed by atoms with Crippen molar-refractivity contribution in [3.05, 3.63) is 66.0 Å². The Bertz CT molecular complexity index is 1360. The van der Waals surface area contributed by atoms with E-state index in [1.165, 1.54) is 48.0 Å². The molecule has 1 saturated heterocycles. The zero-order valence-corrected chi connectivity index (χ0v) is 20.8. The van der Waals surface area contributed by atoms with Crippen molar-refractivity contribution in [1.29, 1.82) is 0 Å². The standard InChI is InChI=1S/C30H35N5O/c36-30(27-17-21-4-1-2-5-25(21)33-27)32-23-10-8-20(9-11-23)12-13-34-14-15-35-24(19-34)16-22-18-31-26-6-3-7-28(35)29(22)26/h1-7,17-18,20,23-24,31,33H,8-16,19H2,(H,32,36). The summed E-state index contributed by atoms with van der Waals surface area (Å²) in [5.41, 5.74) is 5.87. The van der Waals surface area contributed by atoms with Gasteiger partial charge in [0.25, 0.3) is 5.91 Å². The SMILES string of the molecule is O=C(NC1CCC(CCN2CCN3c4cccc5[nH]cc(c45)CC3C2)CC1)c1cc2ccccc2[nH]1. The summed E-state index contributed by atoms with van der Waals surface area (Å²) in [7, 11) is 0. The molecule has 4 aromatic rings.